The van der Waals surface area contributed by atoms with Gasteiger partial charge in [0.25, 0.3) is 5.91 Å². The molecule has 0 unspecified atom stereocenters. The fourth-order valence-corrected chi connectivity index (χ4v) is 4.10. The summed E-state index contributed by atoms with van der Waals surface area (Å²) >= 11 is 0. The molecule has 1 aromatic heterocycles. The Bertz CT molecular complexity index is 1150. The summed E-state index contributed by atoms with van der Waals surface area (Å²) in [6, 6.07) is 12.6. The minimum absolute atomic E-state index is 0.0575. The van der Waals surface area contributed by atoms with Gasteiger partial charge in [0.15, 0.2) is 0 Å². The van der Waals surface area contributed by atoms with Gasteiger partial charge in [-0.3, -0.25) is 9.59 Å². The van der Waals surface area contributed by atoms with Crippen LogP contribution >= 0.6 is 0 Å². The Labute approximate surface area is 180 Å². The van der Waals surface area contributed by atoms with E-state index in [1.807, 2.05) is 46.7 Å². The van der Waals surface area contributed by atoms with E-state index in [9.17, 15) is 14.0 Å². The second-order valence-electron chi connectivity index (χ2n) is 7.86. The maximum absolute atomic E-state index is 15.0. The molecule has 2 heterocycles. The summed E-state index contributed by atoms with van der Waals surface area (Å²) in [4.78, 5) is 29.8. The van der Waals surface area contributed by atoms with E-state index < -0.39 is 11.2 Å². The van der Waals surface area contributed by atoms with E-state index in [0.717, 1.165) is 18.7 Å². The molecule has 0 spiro atoms. The number of fused-ring (bicyclic) bond motifs is 1. The van der Waals surface area contributed by atoms with E-state index in [2.05, 4.69) is 5.32 Å². The minimum Gasteiger partial charge on any atom is -0.367 e. The first kappa shape index (κ1) is 21.1. The lowest BCUT2D eigenvalue weighted by Crippen LogP contribution is -2.44. The van der Waals surface area contributed by atoms with E-state index in [-0.39, 0.29) is 16.9 Å². The van der Waals surface area contributed by atoms with Crippen LogP contribution in [0, 0.1) is 5.82 Å². The van der Waals surface area contributed by atoms with Crippen LogP contribution in [0.2, 0.25) is 0 Å². The summed E-state index contributed by atoms with van der Waals surface area (Å²) in [6.07, 6.45) is 1.61. The van der Waals surface area contributed by atoms with Crippen molar-refractivity contribution in [2.75, 3.05) is 38.1 Å². The third-order valence-electron chi connectivity index (χ3n) is 5.79. The third kappa shape index (κ3) is 4.18. The molecule has 7 heteroatoms. The average Bonchev–Trinajstić information content (AvgIpc) is 2.80. The standard InChI is InChI=1S/C24H27FN4O2/c1-3-28-16-19(24(31)27(2)15-17-7-5-4-6-8-17)23(30)18-13-20(25)22(14-21(18)28)29-11-9-26-10-12-29/h4-8,13-14,16,26H,3,9-12,15H2,1-2H3. The van der Waals surface area contributed by atoms with Gasteiger partial charge in [-0.25, -0.2) is 4.39 Å². The quantitative estimate of drug-likeness (QED) is 0.687. The molecule has 1 aliphatic heterocycles. The highest BCUT2D eigenvalue weighted by Gasteiger charge is 2.22. The van der Waals surface area contributed by atoms with Gasteiger partial charge in [-0.05, 0) is 24.6 Å². The Hall–Kier alpha value is -3.19. The Balaban J connectivity index is 1.74. The van der Waals surface area contributed by atoms with Gasteiger partial charge in [-0.15, -0.1) is 0 Å². The van der Waals surface area contributed by atoms with Crippen LogP contribution in [0.25, 0.3) is 10.9 Å². The second kappa shape index (κ2) is 8.89. The van der Waals surface area contributed by atoms with Crippen molar-refractivity contribution in [3.8, 4) is 0 Å². The van der Waals surface area contributed by atoms with Crippen LogP contribution in [0.3, 0.4) is 0 Å². The van der Waals surface area contributed by atoms with Gasteiger partial charge in [0, 0.05) is 57.9 Å². The Morgan fingerprint density at radius 2 is 1.87 bits per heavy atom. The van der Waals surface area contributed by atoms with Crippen molar-refractivity contribution in [3.05, 3.63) is 75.8 Å². The molecule has 4 rings (SSSR count). The van der Waals surface area contributed by atoms with Crippen molar-refractivity contribution in [1.29, 1.82) is 0 Å². The molecule has 31 heavy (non-hydrogen) atoms. The van der Waals surface area contributed by atoms with Gasteiger partial charge in [-0.1, -0.05) is 30.3 Å². The zero-order valence-electron chi connectivity index (χ0n) is 17.9. The lowest BCUT2D eigenvalue weighted by Gasteiger charge is -2.30. The smallest absolute Gasteiger partial charge is 0.259 e. The van der Waals surface area contributed by atoms with Crippen molar-refractivity contribution < 1.29 is 9.18 Å². The topological polar surface area (TPSA) is 57.6 Å². The van der Waals surface area contributed by atoms with Crippen LogP contribution < -0.4 is 15.6 Å². The zero-order chi connectivity index (χ0) is 22.0. The molecule has 0 radical (unpaired) electrons. The van der Waals surface area contributed by atoms with Crippen LogP contribution in [0.15, 0.2) is 53.5 Å². The van der Waals surface area contributed by atoms with Crippen molar-refractivity contribution in [1.82, 2.24) is 14.8 Å². The Morgan fingerprint density at radius 1 is 1.16 bits per heavy atom. The maximum Gasteiger partial charge on any atom is 0.259 e. The number of halogens is 1. The van der Waals surface area contributed by atoms with Crippen LogP contribution in [0.1, 0.15) is 22.8 Å². The number of nitrogens with zero attached hydrogens (tertiary/aromatic N) is 3. The molecule has 3 aromatic rings. The number of anilines is 1. The molecule has 0 bridgehead atoms. The molecular weight excluding hydrogens is 395 g/mol. The van der Waals surface area contributed by atoms with Crippen molar-refractivity contribution in [2.24, 2.45) is 0 Å². The van der Waals surface area contributed by atoms with Gasteiger partial charge in [0.2, 0.25) is 5.43 Å². The van der Waals surface area contributed by atoms with Gasteiger partial charge in [0.05, 0.1) is 11.2 Å². The number of carbonyl (C=O) groups is 1. The number of hydrogen-bond donors (Lipinski definition) is 1. The van der Waals surface area contributed by atoms with Crippen LogP contribution in [0.4, 0.5) is 10.1 Å². The van der Waals surface area contributed by atoms with E-state index in [1.165, 1.54) is 11.0 Å². The average molecular weight is 423 g/mol. The van der Waals surface area contributed by atoms with Gasteiger partial charge < -0.3 is 19.7 Å². The molecule has 0 aliphatic carbocycles. The van der Waals surface area contributed by atoms with E-state index >= 15 is 0 Å². The van der Waals surface area contributed by atoms with Crippen molar-refractivity contribution in [3.63, 3.8) is 0 Å². The Morgan fingerprint density at radius 3 is 2.55 bits per heavy atom. The number of carbonyl (C=O) groups excluding carboxylic acids is 1. The molecule has 1 saturated heterocycles. The van der Waals surface area contributed by atoms with Crippen LogP contribution in [0.5, 0.6) is 0 Å². The molecule has 162 valence electrons. The highest BCUT2D eigenvalue weighted by molar-refractivity contribution is 5.97. The molecule has 2 aromatic carbocycles. The predicted molar refractivity (Wildman–Crippen MR) is 121 cm³/mol. The summed E-state index contributed by atoms with van der Waals surface area (Å²) in [5, 5.41) is 3.49. The number of amides is 1. The lowest BCUT2D eigenvalue weighted by atomic mass is 10.1. The van der Waals surface area contributed by atoms with Gasteiger partial charge >= 0.3 is 0 Å². The van der Waals surface area contributed by atoms with Crippen molar-refractivity contribution >= 4 is 22.5 Å². The third-order valence-corrected chi connectivity index (χ3v) is 5.79. The van der Waals surface area contributed by atoms with Crippen molar-refractivity contribution in [2.45, 2.75) is 20.0 Å². The summed E-state index contributed by atoms with van der Waals surface area (Å²) < 4.78 is 16.8. The number of rotatable bonds is 5. The van der Waals surface area contributed by atoms with Gasteiger partial charge in [-0.2, -0.15) is 0 Å². The zero-order valence-corrected chi connectivity index (χ0v) is 17.9. The van der Waals surface area contributed by atoms with Crippen LogP contribution in [-0.4, -0.2) is 48.6 Å². The molecule has 1 fully saturated rings. The first-order chi connectivity index (χ1) is 15.0. The van der Waals surface area contributed by atoms with Gasteiger partial charge in [0.1, 0.15) is 11.4 Å². The number of nitrogens with one attached hydrogen (secondary N) is 1. The molecule has 1 aliphatic rings. The fraction of sp³-hybridized carbons (Fsp3) is 0.333. The molecule has 1 N–H and O–H groups in total. The highest BCUT2D eigenvalue weighted by Crippen LogP contribution is 2.26. The van der Waals surface area contributed by atoms with E-state index in [1.54, 1.807) is 19.3 Å². The lowest BCUT2D eigenvalue weighted by molar-refractivity contribution is 0.0783. The fourth-order valence-electron chi connectivity index (χ4n) is 4.10. The van der Waals surface area contributed by atoms with E-state index in [4.69, 9.17) is 0 Å². The number of benzene rings is 2. The number of aromatic nitrogens is 1. The summed E-state index contributed by atoms with van der Waals surface area (Å²) in [7, 11) is 1.67. The monoisotopic (exact) mass is 422 g/mol. The number of piperazine rings is 1. The summed E-state index contributed by atoms with van der Waals surface area (Å²) in [5.41, 5.74) is 1.74. The molecule has 1 amide bonds. The largest absolute Gasteiger partial charge is 0.367 e. The normalized spacial score (nSPS) is 14.1. The first-order valence-corrected chi connectivity index (χ1v) is 10.6. The number of pyridine rings is 1. The summed E-state index contributed by atoms with van der Waals surface area (Å²) in [6.45, 7) is 5.89. The Kier molecular flexibility index (Phi) is 6.04. The van der Waals surface area contributed by atoms with Crippen LogP contribution in [-0.2, 0) is 13.1 Å². The molecule has 0 saturated carbocycles. The highest BCUT2D eigenvalue weighted by atomic mass is 19.1. The van der Waals surface area contributed by atoms with E-state index in [0.29, 0.717) is 37.4 Å². The minimum atomic E-state index is -0.435. The number of aryl methyl sites for hydroxylation is 1. The molecule has 6 nitrogen and oxygen atoms in total. The predicted octanol–water partition coefficient (Wildman–Crippen LogP) is 2.84. The summed E-state index contributed by atoms with van der Waals surface area (Å²) in [5.74, 6) is -0.805. The molecular formula is C24H27FN4O2. The molecule has 0 atom stereocenters. The second-order valence-corrected chi connectivity index (χ2v) is 7.86. The first-order valence-electron chi connectivity index (χ1n) is 10.6. The SMILES string of the molecule is CCn1cc(C(=O)N(C)Cc2ccccc2)c(=O)c2cc(F)c(N3CCNCC3)cc21. The number of hydrogen-bond acceptors (Lipinski definition) is 4. The maximum atomic E-state index is 15.0.